The Bertz CT molecular complexity index is 772. The topological polar surface area (TPSA) is 41.8 Å². The van der Waals surface area contributed by atoms with Crippen LogP contribution in [0.1, 0.15) is 32.6 Å². The maximum Gasteiger partial charge on any atom is 0.194 e. The van der Waals surface area contributed by atoms with Crippen LogP contribution in [0.25, 0.3) is 0 Å². The first-order valence-corrected chi connectivity index (χ1v) is 6.22. The number of carbonyl (C=O) groups excluding carboxylic acids is 1. The van der Waals surface area contributed by atoms with Crippen LogP contribution < -0.4 is 0 Å². The lowest BCUT2D eigenvalue weighted by Crippen LogP contribution is -2.22. The standard InChI is InChI=1S/C16H10N2O/c19-16-12-6-2-1-5-11(12)15-14-10(8-9-17-18-15)4-3-7-13(14)16/h1-7,9H,8H2. The molecule has 0 amide bonds. The molecule has 0 saturated carbocycles. The highest BCUT2D eigenvalue weighted by molar-refractivity contribution is 6.30. The molecule has 0 unspecified atom stereocenters. The quantitative estimate of drug-likeness (QED) is 0.601. The van der Waals surface area contributed by atoms with Gasteiger partial charge in [-0.2, -0.15) is 10.2 Å². The molecule has 2 aromatic carbocycles. The molecule has 2 aliphatic rings. The molecular formula is C16H10N2O. The number of rotatable bonds is 0. The number of ketones is 1. The molecule has 0 aromatic heterocycles. The van der Waals surface area contributed by atoms with Gasteiger partial charge >= 0.3 is 0 Å². The maximum absolute atomic E-state index is 12.6. The number of nitrogens with zero attached hydrogens (tertiary/aromatic N) is 2. The van der Waals surface area contributed by atoms with Crippen LogP contribution >= 0.6 is 0 Å². The molecule has 4 rings (SSSR count). The minimum atomic E-state index is 0.0771. The Morgan fingerprint density at radius 1 is 0.895 bits per heavy atom. The molecule has 0 N–H and O–H groups in total. The smallest absolute Gasteiger partial charge is 0.194 e. The Morgan fingerprint density at radius 2 is 1.68 bits per heavy atom. The van der Waals surface area contributed by atoms with Crippen molar-refractivity contribution in [3.05, 3.63) is 70.3 Å². The zero-order valence-electron chi connectivity index (χ0n) is 10.1. The molecule has 19 heavy (non-hydrogen) atoms. The number of fused-ring (bicyclic) bond motifs is 2. The predicted molar refractivity (Wildman–Crippen MR) is 74.2 cm³/mol. The fourth-order valence-electron chi connectivity index (χ4n) is 2.75. The Balaban J connectivity index is 2.14. The lowest BCUT2D eigenvalue weighted by Gasteiger charge is -2.21. The molecule has 0 bridgehead atoms. The summed E-state index contributed by atoms with van der Waals surface area (Å²) < 4.78 is 0. The third kappa shape index (κ3) is 1.35. The van der Waals surface area contributed by atoms with Crippen LogP contribution in [-0.4, -0.2) is 17.7 Å². The minimum absolute atomic E-state index is 0.0771. The lowest BCUT2D eigenvalue weighted by molar-refractivity contribution is 0.103. The van der Waals surface area contributed by atoms with Crippen molar-refractivity contribution in [3.8, 4) is 0 Å². The van der Waals surface area contributed by atoms with E-state index in [9.17, 15) is 4.79 Å². The van der Waals surface area contributed by atoms with Gasteiger partial charge in [-0.15, -0.1) is 0 Å². The van der Waals surface area contributed by atoms with E-state index in [1.54, 1.807) is 6.21 Å². The van der Waals surface area contributed by atoms with Gasteiger partial charge in [-0.3, -0.25) is 4.79 Å². The molecule has 0 radical (unpaired) electrons. The first kappa shape index (κ1) is 10.4. The molecule has 0 fully saturated rings. The van der Waals surface area contributed by atoms with Crippen LogP contribution in [0.15, 0.2) is 52.7 Å². The molecule has 3 nitrogen and oxygen atoms in total. The first-order valence-electron chi connectivity index (χ1n) is 6.22. The van der Waals surface area contributed by atoms with Crippen molar-refractivity contribution in [3.63, 3.8) is 0 Å². The van der Waals surface area contributed by atoms with Crippen LogP contribution in [0.5, 0.6) is 0 Å². The van der Waals surface area contributed by atoms with E-state index in [1.807, 2.05) is 42.5 Å². The predicted octanol–water partition coefficient (Wildman–Crippen LogP) is 2.61. The van der Waals surface area contributed by atoms with E-state index in [2.05, 4.69) is 10.2 Å². The van der Waals surface area contributed by atoms with E-state index in [1.165, 1.54) is 0 Å². The largest absolute Gasteiger partial charge is 0.289 e. The fraction of sp³-hybridized carbons (Fsp3) is 0.0625. The monoisotopic (exact) mass is 246 g/mol. The van der Waals surface area contributed by atoms with E-state index in [0.29, 0.717) is 12.0 Å². The highest BCUT2D eigenvalue weighted by atomic mass is 16.1. The summed E-state index contributed by atoms with van der Waals surface area (Å²) in [6, 6.07) is 13.4. The van der Waals surface area contributed by atoms with Crippen LogP contribution in [0, 0.1) is 0 Å². The summed E-state index contributed by atoms with van der Waals surface area (Å²) in [6.07, 6.45) is 2.50. The van der Waals surface area contributed by atoms with E-state index in [4.69, 9.17) is 0 Å². The SMILES string of the molecule is O=C1c2ccccc2C2=NN=CCc3cccc1c32. The summed E-state index contributed by atoms with van der Waals surface area (Å²) in [5.74, 6) is 0.0771. The van der Waals surface area contributed by atoms with Crippen LogP contribution in [0.2, 0.25) is 0 Å². The molecule has 0 atom stereocenters. The average molecular weight is 246 g/mol. The van der Waals surface area contributed by atoms with Crippen molar-refractivity contribution >= 4 is 17.7 Å². The number of hydrogen-bond donors (Lipinski definition) is 0. The summed E-state index contributed by atoms with van der Waals surface area (Å²) in [5.41, 5.74) is 5.20. The van der Waals surface area contributed by atoms with E-state index >= 15 is 0 Å². The van der Waals surface area contributed by atoms with Gasteiger partial charge in [-0.05, 0) is 5.56 Å². The van der Waals surface area contributed by atoms with Crippen LogP contribution in [0.4, 0.5) is 0 Å². The van der Waals surface area contributed by atoms with Crippen molar-refractivity contribution in [2.75, 3.05) is 0 Å². The van der Waals surface area contributed by atoms with Crippen LogP contribution in [-0.2, 0) is 6.42 Å². The third-order valence-electron chi connectivity index (χ3n) is 3.61. The Morgan fingerprint density at radius 3 is 2.58 bits per heavy atom. The van der Waals surface area contributed by atoms with Gasteiger partial charge in [0.05, 0.1) is 0 Å². The van der Waals surface area contributed by atoms with Crippen molar-refractivity contribution in [2.45, 2.75) is 6.42 Å². The summed E-state index contributed by atoms with van der Waals surface area (Å²) >= 11 is 0. The maximum atomic E-state index is 12.6. The highest BCUT2D eigenvalue weighted by Crippen LogP contribution is 2.31. The van der Waals surface area contributed by atoms with Gasteiger partial charge in [0.25, 0.3) is 0 Å². The van der Waals surface area contributed by atoms with Crippen molar-refractivity contribution < 1.29 is 4.79 Å². The molecule has 0 saturated heterocycles. The minimum Gasteiger partial charge on any atom is -0.289 e. The lowest BCUT2D eigenvalue weighted by atomic mass is 9.81. The highest BCUT2D eigenvalue weighted by Gasteiger charge is 2.30. The fourth-order valence-corrected chi connectivity index (χ4v) is 2.75. The summed E-state index contributed by atoms with van der Waals surface area (Å²) in [6.45, 7) is 0. The second-order valence-electron chi connectivity index (χ2n) is 4.67. The number of benzene rings is 2. The zero-order valence-corrected chi connectivity index (χ0v) is 10.1. The van der Waals surface area contributed by atoms with Gasteiger partial charge in [-0.25, -0.2) is 0 Å². The van der Waals surface area contributed by atoms with Gasteiger partial charge in [-0.1, -0.05) is 42.5 Å². The van der Waals surface area contributed by atoms with E-state index in [-0.39, 0.29) is 5.78 Å². The normalized spacial score (nSPS) is 15.4. The molecule has 0 spiro atoms. The van der Waals surface area contributed by atoms with Gasteiger partial charge in [0, 0.05) is 34.9 Å². The molecule has 90 valence electrons. The van der Waals surface area contributed by atoms with Gasteiger partial charge < -0.3 is 0 Å². The van der Waals surface area contributed by atoms with E-state index in [0.717, 1.165) is 28.0 Å². The van der Waals surface area contributed by atoms with Crippen molar-refractivity contribution in [2.24, 2.45) is 10.2 Å². The number of hydrogen-bond acceptors (Lipinski definition) is 3. The van der Waals surface area contributed by atoms with Gasteiger partial charge in [0.15, 0.2) is 5.78 Å². The van der Waals surface area contributed by atoms with Gasteiger partial charge in [0.2, 0.25) is 0 Å². The van der Waals surface area contributed by atoms with Crippen LogP contribution in [0.3, 0.4) is 0 Å². The Labute approximate surface area is 110 Å². The van der Waals surface area contributed by atoms with Crippen molar-refractivity contribution in [1.29, 1.82) is 0 Å². The summed E-state index contributed by atoms with van der Waals surface area (Å²) in [4.78, 5) is 12.6. The Kier molecular flexibility index (Phi) is 2.03. The van der Waals surface area contributed by atoms with E-state index < -0.39 is 0 Å². The molecule has 2 aromatic rings. The average Bonchev–Trinajstić information content (AvgIpc) is 2.68. The molecule has 1 aliphatic heterocycles. The van der Waals surface area contributed by atoms with Crippen molar-refractivity contribution in [1.82, 2.24) is 0 Å². The summed E-state index contributed by atoms with van der Waals surface area (Å²) in [5, 5.41) is 8.39. The molecule has 3 heteroatoms. The second kappa shape index (κ2) is 3.72. The molecule has 1 heterocycles. The summed E-state index contributed by atoms with van der Waals surface area (Å²) in [7, 11) is 0. The van der Waals surface area contributed by atoms with Gasteiger partial charge in [0.1, 0.15) is 5.71 Å². The second-order valence-corrected chi connectivity index (χ2v) is 4.67. The third-order valence-corrected chi connectivity index (χ3v) is 3.61. The number of carbonyl (C=O) groups is 1. The molecule has 1 aliphatic carbocycles. The molecular weight excluding hydrogens is 236 g/mol. The Hall–Kier alpha value is -2.55. The first-order chi connectivity index (χ1) is 9.36. The zero-order chi connectivity index (χ0) is 12.8.